The van der Waals surface area contributed by atoms with Gasteiger partial charge in [-0.2, -0.15) is 5.26 Å². The van der Waals surface area contributed by atoms with Gasteiger partial charge in [0.25, 0.3) is 5.91 Å². The minimum atomic E-state index is -1.17. The predicted molar refractivity (Wildman–Crippen MR) is 139 cm³/mol. The molecule has 0 bridgehead atoms. The second-order valence-corrected chi connectivity index (χ2v) is 14.4. The molecule has 3 atom stereocenters. The SMILES string of the molecule is COc1cccc2[nH]c(C(=O)N(C)C(CS(C)(C)C)C(=O)NC(C#N)CC3CCCNC3=O)cc12. The number of nitrogens with zero attached hydrogens (tertiary/aromatic N) is 2. The van der Waals surface area contributed by atoms with E-state index in [0.29, 0.717) is 30.2 Å². The van der Waals surface area contributed by atoms with E-state index in [-0.39, 0.29) is 30.1 Å². The topological polar surface area (TPSA) is 127 Å². The molecular formula is C25H35N5O4S. The van der Waals surface area contributed by atoms with Gasteiger partial charge in [0, 0.05) is 36.2 Å². The van der Waals surface area contributed by atoms with E-state index in [2.05, 4.69) is 40.5 Å². The zero-order chi connectivity index (χ0) is 25.8. The van der Waals surface area contributed by atoms with Crippen molar-refractivity contribution < 1.29 is 19.1 Å². The first-order valence-electron chi connectivity index (χ1n) is 11.6. The number of carbonyl (C=O) groups excluding carboxylic acids is 3. The number of nitrogens with one attached hydrogen (secondary N) is 3. The normalized spacial score (nSPS) is 18.2. The maximum atomic E-state index is 13.4. The standard InChI is InChI=1S/C25H35N5O4S/c1-30(25(33)20-13-18-19(29-20)9-6-10-22(18)34-2)21(15-35(3,4)5)24(32)28-17(14-26)12-16-8-7-11-27-23(16)31/h6,9-10,13,16-17,21,29H,7-8,11-12,15H2,1-5H3,(H,27,31)(H,28,32). The van der Waals surface area contributed by atoms with Crippen LogP contribution in [-0.4, -0.2) is 84.9 Å². The number of likely N-dealkylation sites (N-methyl/N-ethyl adjacent to an activating group) is 1. The van der Waals surface area contributed by atoms with Gasteiger partial charge in [0.15, 0.2) is 0 Å². The van der Waals surface area contributed by atoms with Gasteiger partial charge in [-0.25, -0.2) is 10.0 Å². The van der Waals surface area contributed by atoms with Crippen LogP contribution in [0.4, 0.5) is 0 Å². The summed E-state index contributed by atoms with van der Waals surface area (Å²) in [4.78, 5) is 43.5. The fourth-order valence-corrected chi connectivity index (χ4v) is 5.67. The summed E-state index contributed by atoms with van der Waals surface area (Å²) in [6.07, 6.45) is 8.03. The summed E-state index contributed by atoms with van der Waals surface area (Å²) in [7, 11) is 2.01. The number of hydrogen-bond acceptors (Lipinski definition) is 5. The van der Waals surface area contributed by atoms with Crippen LogP contribution in [0.25, 0.3) is 10.9 Å². The quantitative estimate of drug-likeness (QED) is 0.486. The van der Waals surface area contributed by atoms with Gasteiger partial charge in [-0.1, -0.05) is 6.07 Å². The first-order valence-corrected chi connectivity index (χ1v) is 14.6. The number of carbonyl (C=O) groups is 3. The average Bonchev–Trinajstić information content (AvgIpc) is 3.26. The Morgan fingerprint density at radius 2 is 2.09 bits per heavy atom. The molecule has 9 nitrogen and oxygen atoms in total. The lowest BCUT2D eigenvalue weighted by molar-refractivity contribution is -0.128. The smallest absolute Gasteiger partial charge is 0.270 e. The van der Waals surface area contributed by atoms with E-state index < -0.39 is 22.1 Å². The second kappa shape index (κ2) is 11.0. The zero-order valence-corrected chi connectivity index (χ0v) is 21.8. The molecule has 1 saturated heterocycles. The van der Waals surface area contributed by atoms with Crippen molar-refractivity contribution in [1.29, 1.82) is 5.26 Å². The van der Waals surface area contributed by atoms with Gasteiger partial charge in [0.1, 0.15) is 23.5 Å². The number of benzene rings is 1. The summed E-state index contributed by atoms with van der Waals surface area (Å²) in [5, 5.41) is 16.1. The molecule has 1 aliphatic heterocycles. The Kier molecular flexibility index (Phi) is 8.33. The molecule has 1 aliphatic rings. The minimum Gasteiger partial charge on any atom is -0.496 e. The third-order valence-electron chi connectivity index (χ3n) is 6.21. The first kappa shape index (κ1) is 26.4. The highest BCUT2D eigenvalue weighted by molar-refractivity contribution is 8.32. The van der Waals surface area contributed by atoms with Crippen molar-refractivity contribution in [3.8, 4) is 11.8 Å². The molecule has 1 fully saturated rings. The molecule has 0 aliphatic carbocycles. The van der Waals surface area contributed by atoms with Crippen molar-refractivity contribution in [3.63, 3.8) is 0 Å². The van der Waals surface area contributed by atoms with Crippen LogP contribution in [0.2, 0.25) is 0 Å². The second-order valence-electron chi connectivity index (χ2n) is 9.85. The van der Waals surface area contributed by atoms with Crippen molar-refractivity contribution >= 4 is 38.7 Å². The number of amides is 3. The molecule has 3 unspecified atom stereocenters. The van der Waals surface area contributed by atoms with Crippen LogP contribution < -0.4 is 15.4 Å². The molecule has 35 heavy (non-hydrogen) atoms. The summed E-state index contributed by atoms with van der Waals surface area (Å²) in [5.41, 5.74) is 1.11. The number of rotatable bonds is 9. The Labute approximate surface area is 207 Å². The average molecular weight is 502 g/mol. The maximum Gasteiger partial charge on any atom is 0.270 e. The van der Waals surface area contributed by atoms with Crippen molar-refractivity contribution in [2.45, 2.75) is 31.3 Å². The Morgan fingerprint density at radius 3 is 2.71 bits per heavy atom. The van der Waals surface area contributed by atoms with E-state index in [4.69, 9.17) is 4.74 Å². The van der Waals surface area contributed by atoms with Crippen molar-refractivity contribution in [3.05, 3.63) is 30.0 Å². The third kappa shape index (κ3) is 6.48. The summed E-state index contributed by atoms with van der Waals surface area (Å²) >= 11 is 0. The van der Waals surface area contributed by atoms with E-state index in [9.17, 15) is 19.6 Å². The molecule has 0 saturated carbocycles. The molecular weight excluding hydrogens is 466 g/mol. The monoisotopic (exact) mass is 501 g/mol. The van der Waals surface area contributed by atoms with Gasteiger partial charge in [-0.3, -0.25) is 14.4 Å². The van der Waals surface area contributed by atoms with Gasteiger partial charge >= 0.3 is 0 Å². The van der Waals surface area contributed by atoms with E-state index in [1.165, 1.54) is 4.90 Å². The van der Waals surface area contributed by atoms with Crippen LogP contribution in [0.3, 0.4) is 0 Å². The Balaban J connectivity index is 1.80. The fraction of sp³-hybridized carbons (Fsp3) is 0.520. The molecule has 0 radical (unpaired) electrons. The van der Waals surface area contributed by atoms with Crippen molar-refractivity contribution in [2.24, 2.45) is 5.92 Å². The van der Waals surface area contributed by atoms with Crippen LogP contribution >= 0.6 is 10.0 Å². The largest absolute Gasteiger partial charge is 0.496 e. The highest BCUT2D eigenvalue weighted by Gasteiger charge is 2.33. The first-order chi connectivity index (χ1) is 16.5. The van der Waals surface area contributed by atoms with Crippen LogP contribution in [0, 0.1) is 17.2 Å². The lowest BCUT2D eigenvalue weighted by Crippen LogP contribution is -2.53. The molecule has 1 aromatic heterocycles. The van der Waals surface area contributed by atoms with E-state index in [1.807, 2.05) is 18.2 Å². The Morgan fingerprint density at radius 1 is 1.34 bits per heavy atom. The highest BCUT2D eigenvalue weighted by Crippen LogP contribution is 2.36. The molecule has 2 heterocycles. The highest BCUT2D eigenvalue weighted by atomic mass is 32.3. The summed E-state index contributed by atoms with van der Waals surface area (Å²) < 4.78 is 5.39. The summed E-state index contributed by atoms with van der Waals surface area (Å²) in [6.45, 7) is 0.641. The van der Waals surface area contributed by atoms with Gasteiger partial charge in [-0.05, 0) is 56.2 Å². The number of ether oxygens (including phenoxy) is 1. The Hall–Kier alpha value is -3.19. The van der Waals surface area contributed by atoms with E-state index in [0.717, 1.165) is 17.3 Å². The number of nitriles is 1. The zero-order valence-electron chi connectivity index (χ0n) is 21.0. The molecule has 3 amide bonds. The van der Waals surface area contributed by atoms with E-state index >= 15 is 0 Å². The minimum absolute atomic E-state index is 0.0806. The Bertz CT molecular complexity index is 1130. The van der Waals surface area contributed by atoms with Gasteiger partial charge in [-0.15, -0.1) is 0 Å². The molecule has 3 rings (SSSR count). The summed E-state index contributed by atoms with van der Waals surface area (Å²) in [5.74, 6) is 0.0284. The number of hydrogen-bond donors (Lipinski definition) is 3. The van der Waals surface area contributed by atoms with Crippen LogP contribution in [-0.2, 0) is 9.59 Å². The number of piperidine rings is 1. The number of fused-ring (bicyclic) bond motifs is 1. The molecule has 0 spiro atoms. The number of aromatic amines is 1. The third-order valence-corrected chi connectivity index (χ3v) is 7.53. The maximum absolute atomic E-state index is 13.4. The van der Waals surface area contributed by atoms with Crippen molar-refractivity contribution in [1.82, 2.24) is 20.5 Å². The van der Waals surface area contributed by atoms with Crippen molar-refractivity contribution in [2.75, 3.05) is 45.2 Å². The van der Waals surface area contributed by atoms with Gasteiger partial charge in [0.2, 0.25) is 11.8 Å². The van der Waals surface area contributed by atoms with Gasteiger partial charge < -0.3 is 25.3 Å². The number of aromatic nitrogens is 1. The molecule has 3 N–H and O–H groups in total. The lowest BCUT2D eigenvalue weighted by Gasteiger charge is -2.35. The molecule has 190 valence electrons. The lowest BCUT2D eigenvalue weighted by atomic mass is 9.92. The fourth-order valence-electron chi connectivity index (χ4n) is 4.35. The van der Waals surface area contributed by atoms with Crippen LogP contribution in [0.1, 0.15) is 29.8 Å². The van der Waals surface area contributed by atoms with E-state index in [1.54, 1.807) is 20.2 Å². The predicted octanol–water partition coefficient (Wildman–Crippen LogP) is 2.24. The number of methoxy groups -OCH3 is 1. The molecule has 2 aromatic rings. The van der Waals surface area contributed by atoms with Crippen LogP contribution in [0.15, 0.2) is 24.3 Å². The van der Waals surface area contributed by atoms with Crippen LogP contribution in [0.5, 0.6) is 5.75 Å². The molecule has 10 heteroatoms. The molecule has 1 aromatic carbocycles. The van der Waals surface area contributed by atoms with Gasteiger partial charge in [0.05, 0.1) is 13.2 Å². The number of H-pyrrole nitrogens is 1. The summed E-state index contributed by atoms with van der Waals surface area (Å²) in [6, 6.07) is 7.79.